The van der Waals surface area contributed by atoms with Gasteiger partial charge in [0.1, 0.15) is 17.5 Å². The third kappa shape index (κ3) is 4.58. The van der Waals surface area contributed by atoms with E-state index in [1.807, 2.05) is 43.3 Å². The number of esters is 1. The van der Waals surface area contributed by atoms with Gasteiger partial charge in [-0.25, -0.2) is 9.79 Å². The number of benzene rings is 2. The first-order valence-electron chi connectivity index (χ1n) is 11.0. The maximum absolute atomic E-state index is 13.8. The zero-order valence-electron chi connectivity index (χ0n) is 20.8. The molecule has 8 nitrogen and oxygen atoms in total. The van der Waals surface area contributed by atoms with Gasteiger partial charge in [0, 0.05) is 30.2 Å². The van der Waals surface area contributed by atoms with E-state index in [1.165, 1.54) is 30.1 Å². The molecule has 0 saturated carbocycles. The van der Waals surface area contributed by atoms with Gasteiger partial charge in [0.05, 0.1) is 42.8 Å². The first-order valence-corrected chi connectivity index (χ1v) is 12.6. The van der Waals surface area contributed by atoms with E-state index >= 15 is 0 Å². The van der Waals surface area contributed by atoms with Gasteiger partial charge in [-0.05, 0) is 58.8 Å². The first-order chi connectivity index (χ1) is 17.2. The van der Waals surface area contributed by atoms with Gasteiger partial charge >= 0.3 is 5.97 Å². The Morgan fingerprint density at radius 2 is 1.89 bits per heavy atom. The van der Waals surface area contributed by atoms with Crippen molar-refractivity contribution >= 4 is 45.0 Å². The molecule has 0 spiro atoms. The molecule has 1 aliphatic rings. The van der Waals surface area contributed by atoms with Gasteiger partial charge in [-0.15, -0.1) is 0 Å². The molecule has 2 aromatic carbocycles. The van der Waals surface area contributed by atoms with Crippen molar-refractivity contribution in [2.24, 2.45) is 4.99 Å². The number of anilines is 1. The Morgan fingerprint density at radius 1 is 1.14 bits per heavy atom. The third-order valence-corrected chi connectivity index (χ3v) is 7.53. The molecule has 0 N–H and O–H groups in total. The van der Waals surface area contributed by atoms with Crippen molar-refractivity contribution in [3.8, 4) is 11.5 Å². The molecule has 1 aromatic heterocycles. The van der Waals surface area contributed by atoms with Crippen LogP contribution in [0, 0.1) is 0 Å². The number of methoxy groups -OCH3 is 3. The summed E-state index contributed by atoms with van der Waals surface area (Å²) in [6.45, 7) is 1.74. The number of carbonyl (C=O) groups excluding carboxylic acids is 1. The lowest BCUT2D eigenvalue weighted by atomic mass is 9.95. The zero-order valence-corrected chi connectivity index (χ0v) is 23.2. The normalized spacial score (nSPS) is 15.3. The Morgan fingerprint density at radius 3 is 2.50 bits per heavy atom. The van der Waals surface area contributed by atoms with Crippen LogP contribution in [0.15, 0.2) is 61.9 Å². The highest BCUT2D eigenvalue weighted by atomic mass is 79.9. The van der Waals surface area contributed by atoms with Gasteiger partial charge in [-0.3, -0.25) is 9.36 Å². The van der Waals surface area contributed by atoms with Crippen molar-refractivity contribution in [1.82, 2.24) is 4.57 Å². The lowest BCUT2D eigenvalue weighted by Crippen LogP contribution is -2.40. The highest BCUT2D eigenvalue weighted by Crippen LogP contribution is 2.37. The van der Waals surface area contributed by atoms with Crippen LogP contribution in [-0.2, 0) is 9.53 Å². The molecule has 188 valence electrons. The molecular formula is C26H26BrN3O5S. The van der Waals surface area contributed by atoms with Crippen LogP contribution in [-0.4, -0.2) is 46.0 Å². The summed E-state index contributed by atoms with van der Waals surface area (Å²) in [6.07, 6.45) is 1.83. The van der Waals surface area contributed by atoms with Crippen LogP contribution >= 0.6 is 27.3 Å². The molecule has 10 heteroatoms. The molecule has 4 rings (SSSR count). The summed E-state index contributed by atoms with van der Waals surface area (Å²) < 4.78 is 19.0. The lowest BCUT2D eigenvalue weighted by Gasteiger charge is -2.25. The van der Waals surface area contributed by atoms with Crippen molar-refractivity contribution in [2.45, 2.75) is 13.0 Å². The summed E-state index contributed by atoms with van der Waals surface area (Å²) in [7, 11) is 8.33. The van der Waals surface area contributed by atoms with Gasteiger partial charge in [-0.1, -0.05) is 17.4 Å². The van der Waals surface area contributed by atoms with E-state index in [4.69, 9.17) is 14.2 Å². The third-order valence-electron chi connectivity index (χ3n) is 5.91. The van der Waals surface area contributed by atoms with Gasteiger partial charge in [0.15, 0.2) is 4.80 Å². The van der Waals surface area contributed by atoms with Crippen molar-refractivity contribution in [1.29, 1.82) is 0 Å². The number of hydrogen-bond donors (Lipinski definition) is 0. The minimum atomic E-state index is -0.778. The number of nitrogens with zero attached hydrogens (tertiary/aromatic N) is 3. The number of fused-ring (bicyclic) bond motifs is 1. The average molecular weight is 572 g/mol. The number of carbonyl (C=O) groups is 1. The largest absolute Gasteiger partial charge is 0.497 e. The minimum absolute atomic E-state index is 0.261. The number of allylic oxidation sites excluding steroid dienone is 1. The molecule has 0 fully saturated rings. The number of ether oxygens (including phenoxy) is 3. The van der Waals surface area contributed by atoms with Crippen molar-refractivity contribution in [3.05, 3.63) is 83.0 Å². The van der Waals surface area contributed by atoms with E-state index in [0.717, 1.165) is 15.7 Å². The van der Waals surface area contributed by atoms with E-state index < -0.39 is 12.0 Å². The van der Waals surface area contributed by atoms with E-state index in [0.29, 0.717) is 32.1 Å². The van der Waals surface area contributed by atoms with Crippen molar-refractivity contribution < 1.29 is 19.0 Å². The molecule has 1 aliphatic heterocycles. The molecule has 0 aliphatic carbocycles. The molecule has 36 heavy (non-hydrogen) atoms. The van der Waals surface area contributed by atoms with Crippen LogP contribution in [0.3, 0.4) is 0 Å². The molecule has 0 amide bonds. The summed E-state index contributed by atoms with van der Waals surface area (Å²) in [5.74, 6) is 0.514. The zero-order chi connectivity index (χ0) is 26.1. The summed E-state index contributed by atoms with van der Waals surface area (Å²) >= 11 is 4.87. The lowest BCUT2D eigenvalue weighted by molar-refractivity contribution is -0.136. The van der Waals surface area contributed by atoms with Crippen LogP contribution in [0.2, 0.25) is 0 Å². The molecule has 0 bridgehead atoms. The second-order valence-corrected chi connectivity index (χ2v) is 10.1. The van der Waals surface area contributed by atoms with Crippen LogP contribution in [0.1, 0.15) is 24.1 Å². The number of thiazole rings is 1. The molecule has 0 radical (unpaired) electrons. The standard InChI is InChI=1S/C26H26BrN3O5S/c1-14-22(25(32)35-6)23(17-9-8-16(33-4)13-20(17)34-5)30-24(31)21(36-26(30)28-14)12-15-7-10-19(29(2)3)18(27)11-15/h7-13,23H,1-6H3/b21-12-. The summed E-state index contributed by atoms with van der Waals surface area (Å²) in [4.78, 5) is 33.8. The van der Waals surface area contributed by atoms with Crippen LogP contribution in [0.25, 0.3) is 6.08 Å². The highest BCUT2D eigenvalue weighted by Gasteiger charge is 2.35. The fourth-order valence-corrected chi connectivity index (χ4v) is 5.96. The van der Waals surface area contributed by atoms with Crippen LogP contribution in [0.4, 0.5) is 5.69 Å². The number of aromatic nitrogens is 1. The number of rotatable bonds is 6. The molecular weight excluding hydrogens is 546 g/mol. The maximum atomic E-state index is 13.8. The second-order valence-electron chi connectivity index (χ2n) is 8.29. The van der Waals surface area contributed by atoms with Gasteiger partial charge < -0.3 is 19.1 Å². The maximum Gasteiger partial charge on any atom is 0.338 e. The van der Waals surface area contributed by atoms with E-state index in [-0.39, 0.29) is 11.1 Å². The molecule has 3 aromatic rings. The van der Waals surface area contributed by atoms with E-state index in [9.17, 15) is 9.59 Å². The van der Waals surface area contributed by atoms with Gasteiger partial charge in [-0.2, -0.15) is 0 Å². The van der Waals surface area contributed by atoms with E-state index in [2.05, 4.69) is 20.9 Å². The fourth-order valence-electron chi connectivity index (χ4n) is 4.16. The Kier molecular flexibility index (Phi) is 7.37. The minimum Gasteiger partial charge on any atom is -0.497 e. The monoisotopic (exact) mass is 571 g/mol. The quantitative estimate of drug-likeness (QED) is 0.422. The van der Waals surface area contributed by atoms with Gasteiger partial charge in [0.25, 0.3) is 5.56 Å². The molecule has 0 saturated heterocycles. The first kappa shape index (κ1) is 25.7. The topological polar surface area (TPSA) is 82.4 Å². The Labute approximate surface area is 220 Å². The number of halogens is 1. The second kappa shape index (κ2) is 10.3. The summed E-state index contributed by atoms with van der Waals surface area (Å²) in [5, 5.41) is 0. The molecule has 1 unspecified atom stereocenters. The highest BCUT2D eigenvalue weighted by molar-refractivity contribution is 9.10. The Bertz CT molecular complexity index is 1550. The van der Waals surface area contributed by atoms with Crippen molar-refractivity contribution in [3.63, 3.8) is 0 Å². The Hall–Kier alpha value is -3.37. The van der Waals surface area contributed by atoms with Crippen LogP contribution < -0.4 is 29.3 Å². The summed E-state index contributed by atoms with van der Waals surface area (Å²) in [6, 6.07) is 10.4. The number of hydrogen-bond acceptors (Lipinski definition) is 8. The average Bonchev–Trinajstić information content (AvgIpc) is 3.16. The SMILES string of the molecule is COC(=O)C1=C(C)N=c2s/c(=C\c3ccc(N(C)C)c(Br)c3)c(=O)n2C1c1ccc(OC)cc1OC. The summed E-state index contributed by atoms with van der Waals surface area (Å²) in [5.41, 5.74) is 3.01. The van der Waals surface area contributed by atoms with Crippen LogP contribution in [0.5, 0.6) is 11.5 Å². The fraction of sp³-hybridized carbons (Fsp3) is 0.269. The predicted octanol–water partition coefficient (Wildman–Crippen LogP) is 3.25. The smallest absolute Gasteiger partial charge is 0.338 e. The van der Waals surface area contributed by atoms with Crippen molar-refractivity contribution in [2.75, 3.05) is 40.3 Å². The molecule has 2 heterocycles. The van der Waals surface area contributed by atoms with E-state index in [1.54, 1.807) is 32.2 Å². The predicted molar refractivity (Wildman–Crippen MR) is 144 cm³/mol. The Balaban J connectivity index is 1.96. The van der Waals surface area contributed by atoms with Gasteiger partial charge in [0.2, 0.25) is 0 Å². The molecule has 1 atom stereocenters.